The van der Waals surface area contributed by atoms with Crippen molar-refractivity contribution in [1.82, 2.24) is 10.6 Å². The summed E-state index contributed by atoms with van der Waals surface area (Å²) in [7, 11) is 1.81. The first-order valence-corrected chi connectivity index (χ1v) is 4.16. The number of carbonyl (C=O) groups excluding carboxylic acids is 2. The van der Waals surface area contributed by atoms with Crippen LogP contribution in [0.5, 0.6) is 0 Å². The van der Waals surface area contributed by atoms with Crippen molar-refractivity contribution in [3.63, 3.8) is 0 Å². The number of carbonyl (C=O) groups is 2. The smallest absolute Gasteiger partial charge is 0.207 e. The summed E-state index contributed by atoms with van der Waals surface area (Å²) in [6.07, 6.45) is 2.57. The van der Waals surface area contributed by atoms with Gasteiger partial charge in [-0.3, -0.25) is 9.59 Å². The van der Waals surface area contributed by atoms with E-state index in [1.807, 2.05) is 7.05 Å². The number of likely N-dealkylation sites (N-methyl/N-ethyl adjacent to an activating group) is 1. The van der Waals surface area contributed by atoms with Gasteiger partial charge >= 0.3 is 0 Å². The van der Waals surface area contributed by atoms with Gasteiger partial charge in [0, 0.05) is 24.9 Å². The van der Waals surface area contributed by atoms with Gasteiger partial charge in [-0.05, 0) is 13.5 Å². The van der Waals surface area contributed by atoms with Crippen LogP contribution in [0.15, 0.2) is 0 Å². The van der Waals surface area contributed by atoms with Crippen LogP contribution in [0.3, 0.4) is 0 Å². The van der Waals surface area contributed by atoms with Crippen molar-refractivity contribution in [3.05, 3.63) is 0 Å². The quantitative estimate of drug-likeness (QED) is 0.558. The Kier molecular flexibility index (Phi) is 3.22. The molecule has 1 amide bonds. The molecule has 4 heteroatoms. The number of Topliss-reactive ketones (excluding diaryl/α,β-unsaturated/α-hetero) is 1. The molecule has 0 aromatic carbocycles. The average Bonchev–Trinajstić information content (AvgIpc) is 2.08. The van der Waals surface area contributed by atoms with Crippen molar-refractivity contribution >= 4 is 12.2 Å². The van der Waals surface area contributed by atoms with Crippen LogP contribution in [0.1, 0.15) is 19.3 Å². The first-order chi connectivity index (χ1) is 5.77. The van der Waals surface area contributed by atoms with E-state index in [0.29, 0.717) is 19.3 Å². The van der Waals surface area contributed by atoms with Crippen LogP contribution in [-0.2, 0) is 9.59 Å². The molecule has 1 aliphatic carbocycles. The normalized spacial score (nSPS) is 29.9. The minimum absolute atomic E-state index is 0.108. The molecule has 0 radical (unpaired) electrons. The van der Waals surface area contributed by atoms with Crippen LogP contribution in [0.2, 0.25) is 0 Å². The molecule has 12 heavy (non-hydrogen) atoms. The summed E-state index contributed by atoms with van der Waals surface area (Å²) in [6, 6.07) is 0.224. The van der Waals surface area contributed by atoms with Gasteiger partial charge in [-0.25, -0.2) is 0 Å². The van der Waals surface area contributed by atoms with Crippen molar-refractivity contribution in [2.45, 2.75) is 31.3 Å². The van der Waals surface area contributed by atoms with Gasteiger partial charge in [-0.15, -0.1) is 0 Å². The SMILES string of the molecule is CN[C@@H]1CC(=O)CC[C@@H]1NC=O. The molecule has 0 aliphatic heterocycles. The summed E-state index contributed by atoms with van der Waals surface area (Å²) in [6.45, 7) is 0. The van der Waals surface area contributed by atoms with E-state index in [2.05, 4.69) is 10.6 Å². The van der Waals surface area contributed by atoms with Gasteiger partial charge in [-0.2, -0.15) is 0 Å². The second-order valence-corrected chi connectivity index (χ2v) is 3.07. The summed E-state index contributed by atoms with van der Waals surface area (Å²) in [5.41, 5.74) is 0. The van der Waals surface area contributed by atoms with Gasteiger partial charge in [0.05, 0.1) is 0 Å². The second kappa shape index (κ2) is 4.21. The third-order valence-electron chi connectivity index (χ3n) is 2.32. The summed E-state index contributed by atoms with van der Waals surface area (Å²) < 4.78 is 0. The molecule has 68 valence electrons. The minimum atomic E-state index is 0.108. The molecular weight excluding hydrogens is 156 g/mol. The fraction of sp³-hybridized carbons (Fsp3) is 0.750. The largest absolute Gasteiger partial charge is 0.354 e. The summed E-state index contributed by atoms with van der Waals surface area (Å²) in [4.78, 5) is 21.2. The standard InChI is InChI=1S/C8H14N2O2/c1-9-8-4-6(12)2-3-7(8)10-5-11/h5,7-9H,2-4H2,1H3,(H,10,11)/t7-,8+/m0/s1. The highest BCUT2D eigenvalue weighted by molar-refractivity contribution is 5.80. The fourth-order valence-corrected chi connectivity index (χ4v) is 1.60. The third kappa shape index (κ3) is 2.04. The van der Waals surface area contributed by atoms with Crippen LogP contribution >= 0.6 is 0 Å². The molecule has 0 unspecified atom stereocenters. The molecule has 0 saturated heterocycles. The van der Waals surface area contributed by atoms with Crippen LogP contribution in [0.4, 0.5) is 0 Å². The van der Waals surface area contributed by atoms with Crippen molar-refractivity contribution in [1.29, 1.82) is 0 Å². The Labute approximate surface area is 71.7 Å². The van der Waals surface area contributed by atoms with Gasteiger partial charge in [0.2, 0.25) is 6.41 Å². The van der Waals surface area contributed by atoms with Crippen LogP contribution < -0.4 is 10.6 Å². The maximum Gasteiger partial charge on any atom is 0.207 e. The van der Waals surface area contributed by atoms with Gasteiger partial charge in [-0.1, -0.05) is 0 Å². The van der Waals surface area contributed by atoms with E-state index in [4.69, 9.17) is 0 Å². The summed E-state index contributed by atoms with van der Waals surface area (Å²) in [5, 5.41) is 5.74. The highest BCUT2D eigenvalue weighted by atomic mass is 16.1. The van der Waals surface area contributed by atoms with E-state index < -0.39 is 0 Å². The molecule has 1 rings (SSSR count). The fourth-order valence-electron chi connectivity index (χ4n) is 1.60. The topological polar surface area (TPSA) is 58.2 Å². The number of amides is 1. The highest BCUT2D eigenvalue weighted by Crippen LogP contribution is 2.14. The Bertz CT molecular complexity index is 182. The zero-order valence-corrected chi connectivity index (χ0v) is 7.17. The average molecular weight is 170 g/mol. The number of hydrogen-bond donors (Lipinski definition) is 2. The molecule has 1 saturated carbocycles. The molecule has 2 atom stereocenters. The summed E-state index contributed by atoms with van der Waals surface area (Å²) in [5.74, 6) is 0.276. The molecule has 0 heterocycles. The molecule has 0 bridgehead atoms. The number of rotatable bonds is 3. The van der Waals surface area contributed by atoms with Gasteiger partial charge in [0.25, 0.3) is 0 Å². The number of nitrogens with one attached hydrogen (secondary N) is 2. The first-order valence-electron chi connectivity index (χ1n) is 4.16. The molecule has 0 aromatic rings. The Morgan fingerprint density at radius 2 is 2.25 bits per heavy atom. The predicted octanol–water partition coefficient (Wildman–Crippen LogP) is -0.558. The van der Waals surface area contributed by atoms with E-state index >= 15 is 0 Å². The molecule has 1 aliphatic rings. The Morgan fingerprint density at radius 1 is 1.50 bits per heavy atom. The highest BCUT2D eigenvalue weighted by Gasteiger charge is 2.27. The third-order valence-corrected chi connectivity index (χ3v) is 2.32. The van der Waals surface area contributed by atoms with E-state index in [-0.39, 0.29) is 17.9 Å². The molecule has 0 spiro atoms. The Morgan fingerprint density at radius 3 is 2.83 bits per heavy atom. The van der Waals surface area contributed by atoms with Gasteiger partial charge in [0.15, 0.2) is 0 Å². The molecule has 2 N–H and O–H groups in total. The first kappa shape index (κ1) is 9.19. The van der Waals surface area contributed by atoms with Gasteiger partial charge in [0.1, 0.15) is 5.78 Å². The van der Waals surface area contributed by atoms with Gasteiger partial charge < -0.3 is 10.6 Å². The Hall–Kier alpha value is -0.900. The molecule has 0 aromatic heterocycles. The summed E-state index contributed by atoms with van der Waals surface area (Å²) >= 11 is 0. The lowest BCUT2D eigenvalue weighted by molar-refractivity contribution is -0.122. The van der Waals surface area contributed by atoms with E-state index in [1.165, 1.54) is 0 Å². The molecule has 4 nitrogen and oxygen atoms in total. The van der Waals surface area contributed by atoms with Crippen LogP contribution in [0.25, 0.3) is 0 Å². The number of hydrogen-bond acceptors (Lipinski definition) is 3. The van der Waals surface area contributed by atoms with Crippen molar-refractivity contribution in [3.8, 4) is 0 Å². The Balaban J connectivity index is 2.49. The molecular formula is C8H14N2O2. The lowest BCUT2D eigenvalue weighted by Gasteiger charge is -2.29. The van der Waals surface area contributed by atoms with Crippen LogP contribution in [0, 0.1) is 0 Å². The van der Waals surface area contributed by atoms with E-state index in [0.717, 1.165) is 6.42 Å². The van der Waals surface area contributed by atoms with Crippen LogP contribution in [-0.4, -0.2) is 31.3 Å². The minimum Gasteiger partial charge on any atom is -0.354 e. The maximum atomic E-state index is 11.0. The van der Waals surface area contributed by atoms with Crippen molar-refractivity contribution in [2.75, 3.05) is 7.05 Å². The van der Waals surface area contributed by atoms with E-state index in [1.54, 1.807) is 0 Å². The lowest BCUT2D eigenvalue weighted by atomic mass is 9.89. The van der Waals surface area contributed by atoms with Crippen molar-refractivity contribution in [2.24, 2.45) is 0 Å². The molecule has 1 fully saturated rings. The lowest BCUT2D eigenvalue weighted by Crippen LogP contribution is -2.50. The monoisotopic (exact) mass is 170 g/mol. The maximum absolute atomic E-state index is 11.0. The van der Waals surface area contributed by atoms with Crippen molar-refractivity contribution < 1.29 is 9.59 Å². The zero-order valence-electron chi connectivity index (χ0n) is 7.17. The van der Waals surface area contributed by atoms with E-state index in [9.17, 15) is 9.59 Å². The number of ketones is 1. The predicted molar refractivity (Wildman–Crippen MR) is 44.7 cm³/mol. The zero-order chi connectivity index (χ0) is 8.97. The second-order valence-electron chi connectivity index (χ2n) is 3.07.